The molecule has 24 heavy (non-hydrogen) atoms. The zero-order valence-corrected chi connectivity index (χ0v) is 13.4. The number of carbonyl (C=O) groups is 1. The first-order valence-corrected chi connectivity index (χ1v) is 7.83. The molecule has 126 valence electrons. The van der Waals surface area contributed by atoms with E-state index in [4.69, 9.17) is 11.6 Å². The van der Waals surface area contributed by atoms with Gasteiger partial charge in [0.25, 0.3) is 5.91 Å². The van der Waals surface area contributed by atoms with Crippen molar-refractivity contribution in [3.63, 3.8) is 0 Å². The summed E-state index contributed by atoms with van der Waals surface area (Å²) in [7, 11) is 0. The van der Waals surface area contributed by atoms with Crippen molar-refractivity contribution < 1.29 is 18.7 Å². The number of rotatable bonds is 3. The SMILES string of the molecule is O=C(NCc1cc(F)cc(Cl)c1)C1(F)CCC(O)c2ncccc21. The number of nitrogens with zero attached hydrogens (tertiary/aromatic N) is 1. The minimum atomic E-state index is -2.28. The van der Waals surface area contributed by atoms with Crippen LogP contribution in [0.15, 0.2) is 36.5 Å². The number of aromatic nitrogens is 1. The second kappa shape index (κ2) is 6.45. The molecule has 2 atom stereocenters. The van der Waals surface area contributed by atoms with E-state index in [-0.39, 0.29) is 35.7 Å². The number of hydrogen-bond acceptors (Lipinski definition) is 3. The first-order valence-electron chi connectivity index (χ1n) is 7.46. The molecule has 0 saturated carbocycles. The Hall–Kier alpha value is -2.05. The molecular formula is C17H15ClF2N2O2. The number of alkyl halides is 1. The number of amides is 1. The summed E-state index contributed by atoms with van der Waals surface area (Å²) in [5.41, 5.74) is -1.60. The van der Waals surface area contributed by atoms with Crippen molar-refractivity contribution in [3.8, 4) is 0 Å². The van der Waals surface area contributed by atoms with E-state index in [1.165, 1.54) is 30.5 Å². The van der Waals surface area contributed by atoms with Gasteiger partial charge in [-0.3, -0.25) is 9.78 Å². The van der Waals surface area contributed by atoms with Gasteiger partial charge in [-0.05, 0) is 42.7 Å². The Morgan fingerprint density at radius 3 is 3.00 bits per heavy atom. The van der Waals surface area contributed by atoms with Crippen LogP contribution in [-0.2, 0) is 17.0 Å². The Morgan fingerprint density at radius 2 is 2.25 bits per heavy atom. The van der Waals surface area contributed by atoms with Crippen LogP contribution < -0.4 is 5.32 Å². The molecule has 2 aromatic rings. The first kappa shape index (κ1) is 16.8. The van der Waals surface area contributed by atoms with Crippen molar-refractivity contribution in [1.82, 2.24) is 10.3 Å². The molecule has 1 aromatic carbocycles. The summed E-state index contributed by atoms with van der Waals surface area (Å²) in [5.74, 6) is -1.37. The van der Waals surface area contributed by atoms with Gasteiger partial charge in [-0.15, -0.1) is 0 Å². The fraction of sp³-hybridized carbons (Fsp3) is 0.294. The topological polar surface area (TPSA) is 62.2 Å². The maximum atomic E-state index is 15.3. The predicted molar refractivity (Wildman–Crippen MR) is 84.5 cm³/mol. The predicted octanol–water partition coefficient (Wildman–Crippen LogP) is 3.18. The van der Waals surface area contributed by atoms with Crippen molar-refractivity contribution in [3.05, 3.63) is 64.2 Å². The third kappa shape index (κ3) is 3.12. The Morgan fingerprint density at radius 1 is 1.46 bits per heavy atom. The highest BCUT2D eigenvalue weighted by Gasteiger charge is 2.46. The summed E-state index contributed by atoms with van der Waals surface area (Å²) < 4.78 is 28.6. The highest BCUT2D eigenvalue weighted by molar-refractivity contribution is 6.30. The van der Waals surface area contributed by atoms with Crippen molar-refractivity contribution >= 4 is 17.5 Å². The molecule has 1 amide bonds. The van der Waals surface area contributed by atoms with Gasteiger partial charge >= 0.3 is 0 Å². The maximum Gasteiger partial charge on any atom is 0.262 e. The lowest BCUT2D eigenvalue weighted by molar-refractivity contribution is -0.135. The molecule has 0 fully saturated rings. The van der Waals surface area contributed by atoms with E-state index in [0.717, 1.165) is 6.07 Å². The number of benzene rings is 1. The summed E-state index contributed by atoms with van der Waals surface area (Å²) in [4.78, 5) is 16.4. The van der Waals surface area contributed by atoms with Crippen LogP contribution >= 0.6 is 11.6 Å². The summed E-state index contributed by atoms with van der Waals surface area (Å²) in [6, 6.07) is 6.83. The third-order valence-electron chi connectivity index (χ3n) is 4.08. The average molecular weight is 353 g/mol. The van der Waals surface area contributed by atoms with E-state index in [1.54, 1.807) is 0 Å². The summed E-state index contributed by atoms with van der Waals surface area (Å²) in [6.07, 6.45) is 0.503. The number of nitrogens with one attached hydrogen (secondary N) is 1. The number of fused-ring (bicyclic) bond motifs is 1. The normalized spacial score (nSPS) is 22.8. The van der Waals surface area contributed by atoms with Crippen molar-refractivity contribution in [2.24, 2.45) is 0 Å². The summed E-state index contributed by atoms with van der Waals surface area (Å²) in [6.45, 7) is -0.0554. The van der Waals surface area contributed by atoms with Crippen LogP contribution in [0.5, 0.6) is 0 Å². The van der Waals surface area contributed by atoms with Gasteiger partial charge in [0, 0.05) is 23.3 Å². The van der Waals surface area contributed by atoms with Gasteiger partial charge in [0.2, 0.25) is 5.67 Å². The van der Waals surface area contributed by atoms with Gasteiger partial charge in [0.05, 0.1) is 11.8 Å². The van der Waals surface area contributed by atoms with Gasteiger partial charge in [-0.25, -0.2) is 8.78 Å². The Labute approximate surface area is 142 Å². The van der Waals surface area contributed by atoms with E-state index in [1.807, 2.05) is 0 Å². The Bertz CT molecular complexity index is 767. The van der Waals surface area contributed by atoms with Gasteiger partial charge in [0.1, 0.15) is 5.82 Å². The molecule has 0 saturated heterocycles. The minimum Gasteiger partial charge on any atom is -0.387 e. The fourth-order valence-corrected chi connectivity index (χ4v) is 3.14. The molecule has 0 spiro atoms. The summed E-state index contributed by atoms with van der Waals surface area (Å²) in [5, 5.41) is 12.6. The minimum absolute atomic E-state index is 0.0554. The van der Waals surface area contributed by atoms with E-state index >= 15 is 4.39 Å². The Kier molecular flexibility index (Phi) is 4.51. The van der Waals surface area contributed by atoms with Crippen LogP contribution in [0.1, 0.15) is 35.8 Å². The molecule has 3 rings (SSSR count). The molecule has 2 unspecified atom stereocenters. The van der Waals surface area contributed by atoms with Gasteiger partial charge in [0.15, 0.2) is 0 Å². The largest absolute Gasteiger partial charge is 0.387 e. The lowest BCUT2D eigenvalue weighted by Crippen LogP contribution is -2.44. The number of aliphatic hydroxyl groups excluding tert-OH is 1. The zero-order valence-electron chi connectivity index (χ0n) is 12.6. The lowest BCUT2D eigenvalue weighted by Gasteiger charge is -2.32. The highest BCUT2D eigenvalue weighted by Crippen LogP contribution is 2.42. The Balaban J connectivity index is 1.81. The molecule has 7 heteroatoms. The van der Waals surface area contributed by atoms with Crippen LogP contribution in [0.4, 0.5) is 8.78 Å². The molecule has 1 aliphatic rings. The molecule has 1 aliphatic carbocycles. The smallest absolute Gasteiger partial charge is 0.262 e. The van der Waals surface area contributed by atoms with Crippen LogP contribution in [0.25, 0.3) is 0 Å². The fourth-order valence-electron chi connectivity index (χ4n) is 2.90. The van der Waals surface area contributed by atoms with Crippen molar-refractivity contribution in [2.45, 2.75) is 31.2 Å². The monoisotopic (exact) mass is 352 g/mol. The quantitative estimate of drug-likeness (QED) is 0.891. The van der Waals surface area contributed by atoms with Crippen LogP contribution in [0.3, 0.4) is 0 Å². The zero-order chi connectivity index (χ0) is 17.3. The number of pyridine rings is 1. The number of halogens is 3. The lowest BCUT2D eigenvalue weighted by atomic mass is 9.81. The first-order chi connectivity index (χ1) is 11.4. The van der Waals surface area contributed by atoms with E-state index in [0.29, 0.717) is 5.56 Å². The van der Waals surface area contributed by atoms with Crippen LogP contribution in [0, 0.1) is 5.82 Å². The maximum absolute atomic E-state index is 15.3. The molecular weight excluding hydrogens is 338 g/mol. The van der Waals surface area contributed by atoms with Gasteiger partial charge < -0.3 is 10.4 Å². The van der Waals surface area contributed by atoms with E-state index < -0.39 is 23.5 Å². The highest BCUT2D eigenvalue weighted by atomic mass is 35.5. The van der Waals surface area contributed by atoms with Crippen LogP contribution in [-0.4, -0.2) is 16.0 Å². The summed E-state index contributed by atoms with van der Waals surface area (Å²) >= 11 is 5.76. The van der Waals surface area contributed by atoms with Gasteiger partial charge in [-0.2, -0.15) is 0 Å². The average Bonchev–Trinajstić information content (AvgIpc) is 2.55. The second-order valence-corrected chi connectivity index (χ2v) is 6.19. The van der Waals surface area contributed by atoms with E-state index in [2.05, 4.69) is 10.3 Å². The molecule has 0 aliphatic heterocycles. The standard InChI is InChI=1S/C17H15ClF2N2O2/c18-11-6-10(7-12(19)8-11)9-22-16(24)17(20)4-3-14(23)15-13(17)2-1-5-21-15/h1-2,5-8,14,23H,3-4,9H2,(H,22,24). The van der Waals surface area contributed by atoms with Crippen molar-refractivity contribution in [1.29, 1.82) is 0 Å². The van der Waals surface area contributed by atoms with Crippen LogP contribution in [0.2, 0.25) is 5.02 Å². The van der Waals surface area contributed by atoms with Gasteiger partial charge in [-0.1, -0.05) is 17.7 Å². The number of hydrogen-bond donors (Lipinski definition) is 2. The molecule has 4 nitrogen and oxygen atoms in total. The molecule has 0 radical (unpaired) electrons. The number of carbonyl (C=O) groups excluding carboxylic acids is 1. The molecule has 2 N–H and O–H groups in total. The third-order valence-corrected chi connectivity index (χ3v) is 4.30. The van der Waals surface area contributed by atoms with Crippen molar-refractivity contribution in [2.75, 3.05) is 0 Å². The molecule has 0 bridgehead atoms. The molecule has 1 aromatic heterocycles. The van der Waals surface area contributed by atoms with E-state index in [9.17, 15) is 14.3 Å². The molecule has 1 heterocycles. The number of aliphatic hydroxyl groups is 1. The second-order valence-electron chi connectivity index (χ2n) is 5.75.